The lowest BCUT2D eigenvalue weighted by Gasteiger charge is -2.37. The van der Waals surface area contributed by atoms with Gasteiger partial charge in [0.25, 0.3) is 0 Å². The Hall–Kier alpha value is -1.02. The molecule has 1 aliphatic rings. The molecule has 2 N–H and O–H groups in total. The van der Waals surface area contributed by atoms with E-state index in [-0.39, 0.29) is 5.54 Å². The fourth-order valence-electron chi connectivity index (χ4n) is 2.87. The SMILES string of the molecule is Cc1ccc(C(C)C)cc1NC1CCNC(C)(C)C1. The number of hydrogen-bond acceptors (Lipinski definition) is 2. The minimum atomic E-state index is 0.249. The Morgan fingerprint density at radius 3 is 2.68 bits per heavy atom. The van der Waals surface area contributed by atoms with Crippen molar-refractivity contribution < 1.29 is 0 Å². The number of piperidine rings is 1. The monoisotopic (exact) mass is 260 g/mol. The smallest absolute Gasteiger partial charge is 0.0374 e. The van der Waals surface area contributed by atoms with Gasteiger partial charge in [-0.25, -0.2) is 0 Å². The molecule has 1 aliphatic heterocycles. The van der Waals surface area contributed by atoms with Crippen LogP contribution in [0.15, 0.2) is 18.2 Å². The molecule has 1 unspecified atom stereocenters. The average Bonchev–Trinajstić information content (AvgIpc) is 2.30. The van der Waals surface area contributed by atoms with Gasteiger partial charge in [0, 0.05) is 17.3 Å². The van der Waals surface area contributed by atoms with Gasteiger partial charge in [-0.05, 0) is 63.3 Å². The number of aryl methyl sites for hydroxylation is 1. The lowest BCUT2D eigenvalue weighted by molar-refractivity contribution is 0.286. The standard InChI is InChI=1S/C17H28N2/c1-12(2)14-7-6-13(3)16(10-14)19-15-8-9-18-17(4,5)11-15/h6-7,10,12,15,18-19H,8-9,11H2,1-5H3. The summed E-state index contributed by atoms with van der Waals surface area (Å²) in [5.41, 5.74) is 4.33. The summed E-state index contributed by atoms with van der Waals surface area (Å²) in [6, 6.07) is 7.40. The fraction of sp³-hybridized carbons (Fsp3) is 0.647. The molecule has 0 radical (unpaired) electrons. The van der Waals surface area contributed by atoms with Crippen molar-refractivity contribution in [1.29, 1.82) is 0 Å². The first kappa shape index (κ1) is 14.4. The van der Waals surface area contributed by atoms with Crippen LogP contribution in [0.5, 0.6) is 0 Å². The quantitative estimate of drug-likeness (QED) is 0.856. The summed E-state index contributed by atoms with van der Waals surface area (Å²) >= 11 is 0. The topological polar surface area (TPSA) is 24.1 Å². The van der Waals surface area contributed by atoms with Crippen LogP contribution in [0.3, 0.4) is 0 Å². The van der Waals surface area contributed by atoms with Gasteiger partial charge in [0.2, 0.25) is 0 Å². The summed E-state index contributed by atoms with van der Waals surface area (Å²) in [7, 11) is 0. The molecular weight excluding hydrogens is 232 g/mol. The Balaban J connectivity index is 2.12. The van der Waals surface area contributed by atoms with Gasteiger partial charge in [-0.15, -0.1) is 0 Å². The van der Waals surface area contributed by atoms with Gasteiger partial charge < -0.3 is 10.6 Å². The highest BCUT2D eigenvalue weighted by molar-refractivity contribution is 5.54. The number of hydrogen-bond donors (Lipinski definition) is 2. The summed E-state index contributed by atoms with van der Waals surface area (Å²) in [6.07, 6.45) is 2.38. The molecule has 2 heteroatoms. The predicted octanol–water partition coefficient (Wildman–Crippen LogP) is 4.06. The van der Waals surface area contributed by atoms with Gasteiger partial charge in [0.15, 0.2) is 0 Å². The molecule has 1 heterocycles. The molecule has 2 rings (SSSR count). The van der Waals surface area contributed by atoms with Gasteiger partial charge in [-0.3, -0.25) is 0 Å². The van der Waals surface area contributed by atoms with Gasteiger partial charge in [-0.1, -0.05) is 26.0 Å². The van der Waals surface area contributed by atoms with Crippen molar-refractivity contribution in [3.05, 3.63) is 29.3 Å². The number of rotatable bonds is 3. The molecule has 0 aliphatic carbocycles. The molecule has 1 saturated heterocycles. The van der Waals surface area contributed by atoms with Crippen LogP contribution < -0.4 is 10.6 Å². The van der Waals surface area contributed by atoms with Crippen LogP contribution in [0, 0.1) is 6.92 Å². The summed E-state index contributed by atoms with van der Waals surface area (Å²) in [6.45, 7) is 12.4. The van der Waals surface area contributed by atoms with Gasteiger partial charge >= 0.3 is 0 Å². The highest BCUT2D eigenvalue weighted by Crippen LogP contribution is 2.26. The normalized spacial score (nSPS) is 22.5. The molecule has 0 saturated carbocycles. The Morgan fingerprint density at radius 1 is 1.32 bits per heavy atom. The van der Waals surface area contributed by atoms with Crippen LogP contribution >= 0.6 is 0 Å². The largest absolute Gasteiger partial charge is 0.382 e. The third-order valence-electron chi connectivity index (χ3n) is 4.14. The zero-order chi connectivity index (χ0) is 14.0. The second kappa shape index (κ2) is 5.54. The van der Waals surface area contributed by atoms with Gasteiger partial charge in [-0.2, -0.15) is 0 Å². The van der Waals surface area contributed by atoms with Crippen LogP contribution in [0.4, 0.5) is 5.69 Å². The molecule has 0 aromatic heterocycles. The van der Waals surface area contributed by atoms with Crippen molar-refractivity contribution in [3.63, 3.8) is 0 Å². The second-order valence-electron chi connectivity index (χ2n) is 6.87. The molecule has 106 valence electrons. The molecule has 0 amide bonds. The molecule has 1 aromatic carbocycles. The van der Waals surface area contributed by atoms with E-state index in [0.717, 1.165) is 6.54 Å². The zero-order valence-corrected chi connectivity index (χ0v) is 13.0. The molecule has 1 fully saturated rings. The van der Waals surface area contributed by atoms with Crippen LogP contribution in [-0.4, -0.2) is 18.1 Å². The summed E-state index contributed by atoms with van der Waals surface area (Å²) < 4.78 is 0. The number of benzene rings is 1. The Bertz CT molecular complexity index is 435. The lowest BCUT2D eigenvalue weighted by atomic mass is 9.89. The first-order chi connectivity index (χ1) is 8.87. The minimum Gasteiger partial charge on any atom is -0.382 e. The first-order valence-electron chi connectivity index (χ1n) is 7.49. The maximum absolute atomic E-state index is 3.76. The van der Waals surface area contributed by atoms with Crippen molar-refractivity contribution >= 4 is 5.69 Å². The van der Waals surface area contributed by atoms with E-state index in [0.29, 0.717) is 12.0 Å². The van der Waals surface area contributed by atoms with Crippen molar-refractivity contribution in [2.24, 2.45) is 0 Å². The van der Waals surface area contributed by atoms with Crippen LogP contribution in [0.25, 0.3) is 0 Å². The van der Waals surface area contributed by atoms with E-state index in [1.54, 1.807) is 0 Å². The third kappa shape index (κ3) is 3.73. The minimum absolute atomic E-state index is 0.249. The molecular formula is C17H28N2. The van der Waals surface area contributed by atoms with Crippen molar-refractivity contribution in [2.75, 3.05) is 11.9 Å². The maximum Gasteiger partial charge on any atom is 0.0374 e. The van der Waals surface area contributed by atoms with E-state index in [2.05, 4.69) is 63.5 Å². The van der Waals surface area contributed by atoms with E-state index in [9.17, 15) is 0 Å². The van der Waals surface area contributed by atoms with Crippen LogP contribution in [-0.2, 0) is 0 Å². The summed E-state index contributed by atoms with van der Waals surface area (Å²) in [5, 5.41) is 7.34. The number of anilines is 1. The Morgan fingerprint density at radius 2 is 2.05 bits per heavy atom. The second-order valence-corrected chi connectivity index (χ2v) is 6.87. The lowest BCUT2D eigenvalue weighted by Crippen LogP contribution is -2.50. The van der Waals surface area contributed by atoms with Gasteiger partial charge in [0.05, 0.1) is 0 Å². The average molecular weight is 260 g/mol. The molecule has 19 heavy (non-hydrogen) atoms. The van der Waals surface area contributed by atoms with Crippen LogP contribution in [0.1, 0.15) is 57.6 Å². The van der Waals surface area contributed by atoms with Gasteiger partial charge in [0.1, 0.15) is 0 Å². The van der Waals surface area contributed by atoms with Crippen molar-refractivity contribution in [1.82, 2.24) is 5.32 Å². The predicted molar refractivity (Wildman–Crippen MR) is 84.0 cm³/mol. The molecule has 0 bridgehead atoms. The van der Waals surface area contributed by atoms with Crippen molar-refractivity contribution in [3.8, 4) is 0 Å². The highest BCUT2D eigenvalue weighted by atomic mass is 15.0. The molecule has 1 atom stereocenters. The highest BCUT2D eigenvalue weighted by Gasteiger charge is 2.27. The number of nitrogens with one attached hydrogen (secondary N) is 2. The van der Waals surface area contributed by atoms with E-state index in [1.807, 2.05) is 0 Å². The first-order valence-corrected chi connectivity index (χ1v) is 7.49. The Kier molecular flexibility index (Phi) is 4.19. The van der Waals surface area contributed by atoms with Crippen LogP contribution in [0.2, 0.25) is 0 Å². The van der Waals surface area contributed by atoms with Crippen molar-refractivity contribution in [2.45, 2.75) is 65.0 Å². The fourth-order valence-corrected chi connectivity index (χ4v) is 2.87. The zero-order valence-electron chi connectivity index (χ0n) is 13.0. The van der Waals surface area contributed by atoms with E-state index in [4.69, 9.17) is 0 Å². The summed E-state index contributed by atoms with van der Waals surface area (Å²) in [4.78, 5) is 0. The van der Waals surface area contributed by atoms with E-state index < -0.39 is 0 Å². The molecule has 1 aromatic rings. The Labute approximate surface area is 118 Å². The third-order valence-corrected chi connectivity index (χ3v) is 4.14. The van der Waals surface area contributed by atoms with E-state index in [1.165, 1.54) is 29.7 Å². The maximum atomic E-state index is 3.76. The molecule has 2 nitrogen and oxygen atoms in total. The summed E-state index contributed by atoms with van der Waals surface area (Å²) in [5.74, 6) is 0.589. The molecule has 0 spiro atoms. The van der Waals surface area contributed by atoms with E-state index >= 15 is 0 Å².